The molecule has 2 aromatic rings. The van der Waals surface area contributed by atoms with Gasteiger partial charge >= 0.3 is 0 Å². The lowest BCUT2D eigenvalue weighted by Gasteiger charge is -2.08. The summed E-state index contributed by atoms with van der Waals surface area (Å²) in [7, 11) is -3.39. The number of nitrogens with zero attached hydrogens (tertiary/aromatic N) is 1. The molecule has 1 aromatic carbocycles. The molecule has 0 amide bonds. The van der Waals surface area contributed by atoms with E-state index in [9.17, 15) is 8.42 Å². The third kappa shape index (κ3) is 4.52. The number of anilines is 1. The van der Waals surface area contributed by atoms with Crippen LogP contribution in [0.1, 0.15) is 24.0 Å². The molecule has 1 aromatic heterocycles. The van der Waals surface area contributed by atoms with Gasteiger partial charge in [0.15, 0.2) is 0 Å². The first kappa shape index (κ1) is 15.9. The highest BCUT2D eigenvalue weighted by atomic mass is 32.2. The Bertz CT molecular complexity index is 678. The molecule has 0 saturated carbocycles. The van der Waals surface area contributed by atoms with Crippen molar-refractivity contribution in [2.45, 2.75) is 31.7 Å². The maximum atomic E-state index is 11.9. The van der Waals surface area contributed by atoms with Gasteiger partial charge in [0, 0.05) is 23.3 Å². The molecule has 0 saturated heterocycles. The van der Waals surface area contributed by atoms with Crippen molar-refractivity contribution in [2.75, 3.05) is 11.9 Å². The molecule has 0 fully saturated rings. The minimum Gasteiger partial charge on any atom is -0.379 e. The molecule has 114 valence electrons. The van der Waals surface area contributed by atoms with Crippen LogP contribution >= 0.6 is 11.3 Å². The number of hydrogen-bond acceptors (Lipinski definition) is 5. The van der Waals surface area contributed by atoms with Gasteiger partial charge in [-0.2, -0.15) is 0 Å². The van der Waals surface area contributed by atoms with Crippen LogP contribution in [0.4, 0.5) is 5.69 Å². The van der Waals surface area contributed by atoms with Crippen LogP contribution in [0, 0.1) is 6.92 Å². The highest BCUT2D eigenvalue weighted by Gasteiger charge is 2.12. The Morgan fingerprint density at radius 1 is 1.24 bits per heavy atom. The number of sulfonamides is 1. The lowest BCUT2D eigenvalue weighted by Crippen LogP contribution is -2.24. The molecule has 2 N–H and O–H groups in total. The summed E-state index contributed by atoms with van der Waals surface area (Å²) in [6.45, 7) is 4.98. The fraction of sp³-hybridized carbons (Fsp3) is 0.357. The summed E-state index contributed by atoms with van der Waals surface area (Å²) < 4.78 is 26.4. The largest absolute Gasteiger partial charge is 0.379 e. The fourth-order valence-electron chi connectivity index (χ4n) is 1.73. The van der Waals surface area contributed by atoms with Crippen LogP contribution < -0.4 is 10.0 Å². The van der Waals surface area contributed by atoms with Crippen LogP contribution in [0.5, 0.6) is 0 Å². The van der Waals surface area contributed by atoms with Crippen LogP contribution in [0.15, 0.2) is 34.5 Å². The molecule has 0 aliphatic rings. The molecule has 0 aliphatic carbocycles. The van der Waals surface area contributed by atoms with Crippen molar-refractivity contribution in [1.82, 2.24) is 9.71 Å². The number of benzene rings is 1. The van der Waals surface area contributed by atoms with Gasteiger partial charge in [-0.1, -0.05) is 6.92 Å². The SMILES string of the molecule is CCCNS(=O)(=O)c1ccc(NCc2nc(C)cs2)cc1. The van der Waals surface area contributed by atoms with E-state index in [-0.39, 0.29) is 4.90 Å². The molecule has 1 heterocycles. The molecule has 21 heavy (non-hydrogen) atoms. The second-order valence-corrected chi connectivity index (χ2v) is 7.37. The minimum absolute atomic E-state index is 0.284. The molecule has 0 radical (unpaired) electrons. The van der Waals surface area contributed by atoms with E-state index in [1.807, 2.05) is 19.2 Å². The summed E-state index contributed by atoms with van der Waals surface area (Å²) in [6, 6.07) is 6.74. The monoisotopic (exact) mass is 325 g/mol. The van der Waals surface area contributed by atoms with Crippen LogP contribution in [0.3, 0.4) is 0 Å². The number of aromatic nitrogens is 1. The normalized spacial score (nSPS) is 11.5. The van der Waals surface area contributed by atoms with E-state index in [2.05, 4.69) is 15.0 Å². The van der Waals surface area contributed by atoms with Gasteiger partial charge in [-0.25, -0.2) is 18.1 Å². The molecular weight excluding hydrogens is 306 g/mol. The molecule has 7 heteroatoms. The van der Waals surface area contributed by atoms with Crippen molar-refractivity contribution >= 4 is 27.0 Å². The van der Waals surface area contributed by atoms with E-state index >= 15 is 0 Å². The van der Waals surface area contributed by atoms with Crippen LogP contribution in [0.25, 0.3) is 0 Å². The van der Waals surface area contributed by atoms with Gasteiger partial charge in [0.25, 0.3) is 0 Å². The lowest BCUT2D eigenvalue weighted by molar-refractivity contribution is 0.581. The van der Waals surface area contributed by atoms with Crippen molar-refractivity contribution in [3.05, 3.63) is 40.3 Å². The van der Waals surface area contributed by atoms with Crippen LogP contribution in [-0.4, -0.2) is 19.9 Å². The van der Waals surface area contributed by atoms with Crippen molar-refractivity contribution < 1.29 is 8.42 Å². The van der Waals surface area contributed by atoms with E-state index < -0.39 is 10.0 Å². The number of thiazole rings is 1. The average molecular weight is 325 g/mol. The van der Waals surface area contributed by atoms with E-state index in [1.54, 1.807) is 35.6 Å². The van der Waals surface area contributed by atoms with Crippen molar-refractivity contribution in [2.24, 2.45) is 0 Å². The van der Waals surface area contributed by atoms with Gasteiger partial charge in [-0.15, -0.1) is 11.3 Å². The minimum atomic E-state index is -3.39. The Balaban J connectivity index is 1.98. The average Bonchev–Trinajstić information content (AvgIpc) is 2.89. The van der Waals surface area contributed by atoms with Crippen LogP contribution in [0.2, 0.25) is 0 Å². The predicted octanol–water partition coefficient (Wildman–Crippen LogP) is 2.75. The number of hydrogen-bond donors (Lipinski definition) is 2. The second kappa shape index (κ2) is 7.02. The molecule has 5 nitrogen and oxygen atoms in total. The van der Waals surface area contributed by atoms with Crippen molar-refractivity contribution in [3.63, 3.8) is 0 Å². The summed E-state index contributed by atoms with van der Waals surface area (Å²) in [5.41, 5.74) is 1.89. The molecular formula is C14H19N3O2S2. The Morgan fingerprint density at radius 2 is 1.95 bits per heavy atom. The maximum Gasteiger partial charge on any atom is 0.240 e. The van der Waals surface area contributed by atoms with E-state index in [4.69, 9.17) is 0 Å². The summed E-state index contributed by atoms with van der Waals surface area (Å²) in [5, 5.41) is 6.24. The highest BCUT2D eigenvalue weighted by molar-refractivity contribution is 7.89. The first-order valence-corrected chi connectivity index (χ1v) is 9.12. The first-order chi connectivity index (χ1) is 10.0. The summed E-state index contributed by atoms with van der Waals surface area (Å²) >= 11 is 1.61. The Labute approximate surface area is 129 Å². The van der Waals surface area contributed by atoms with E-state index in [0.29, 0.717) is 13.1 Å². The van der Waals surface area contributed by atoms with Gasteiger partial charge < -0.3 is 5.32 Å². The predicted molar refractivity (Wildman–Crippen MR) is 86.1 cm³/mol. The zero-order chi connectivity index (χ0) is 15.3. The van der Waals surface area contributed by atoms with Gasteiger partial charge in [-0.05, 0) is 37.6 Å². The Kier molecular flexibility index (Phi) is 5.33. The summed E-state index contributed by atoms with van der Waals surface area (Å²) in [6.07, 6.45) is 0.770. The van der Waals surface area contributed by atoms with Crippen molar-refractivity contribution in [3.8, 4) is 0 Å². The molecule has 2 rings (SSSR count). The molecule has 0 unspecified atom stereocenters. The topological polar surface area (TPSA) is 71.1 Å². The smallest absolute Gasteiger partial charge is 0.240 e. The standard InChI is InChI=1S/C14H19N3O2S2/c1-3-8-16-21(18,19)13-6-4-12(5-7-13)15-9-14-17-11(2)10-20-14/h4-7,10,15-16H,3,8-9H2,1-2H3. The Hall–Kier alpha value is -1.44. The number of aryl methyl sites for hydroxylation is 1. The quantitative estimate of drug-likeness (QED) is 0.821. The summed E-state index contributed by atoms with van der Waals surface area (Å²) in [4.78, 5) is 4.65. The maximum absolute atomic E-state index is 11.9. The third-order valence-corrected chi connectivity index (χ3v) is 5.26. The number of rotatable bonds is 7. The molecule has 0 atom stereocenters. The van der Waals surface area contributed by atoms with Gasteiger partial charge in [0.05, 0.1) is 11.4 Å². The van der Waals surface area contributed by atoms with Crippen molar-refractivity contribution in [1.29, 1.82) is 0 Å². The van der Waals surface area contributed by atoms with Crippen LogP contribution in [-0.2, 0) is 16.6 Å². The molecule has 0 bridgehead atoms. The van der Waals surface area contributed by atoms with E-state index in [0.717, 1.165) is 22.8 Å². The zero-order valence-corrected chi connectivity index (χ0v) is 13.7. The van der Waals surface area contributed by atoms with Gasteiger partial charge in [0.2, 0.25) is 10.0 Å². The molecule has 0 spiro atoms. The van der Waals surface area contributed by atoms with E-state index in [1.165, 1.54) is 0 Å². The fourth-order valence-corrected chi connectivity index (χ4v) is 3.58. The Morgan fingerprint density at radius 3 is 2.52 bits per heavy atom. The zero-order valence-electron chi connectivity index (χ0n) is 12.1. The third-order valence-electron chi connectivity index (χ3n) is 2.82. The molecule has 0 aliphatic heterocycles. The number of nitrogens with one attached hydrogen (secondary N) is 2. The lowest BCUT2D eigenvalue weighted by atomic mass is 10.3. The first-order valence-electron chi connectivity index (χ1n) is 6.76. The highest BCUT2D eigenvalue weighted by Crippen LogP contribution is 2.16. The second-order valence-electron chi connectivity index (χ2n) is 4.66. The summed E-state index contributed by atoms with van der Waals surface area (Å²) in [5.74, 6) is 0. The van der Waals surface area contributed by atoms with Gasteiger partial charge in [-0.3, -0.25) is 0 Å². The van der Waals surface area contributed by atoms with Gasteiger partial charge in [0.1, 0.15) is 5.01 Å².